The van der Waals surface area contributed by atoms with Gasteiger partial charge in [-0.1, -0.05) is 28.9 Å². The molecule has 0 unspecified atom stereocenters. The number of para-hydroxylation sites is 1. The predicted octanol–water partition coefficient (Wildman–Crippen LogP) is 2.41. The number of ether oxygens (including phenoxy) is 1. The summed E-state index contributed by atoms with van der Waals surface area (Å²) < 4.78 is 5.59. The normalized spacial score (nSPS) is 11.3. The third kappa shape index (κ3) is 3.35. The summed E-state index contributed by atoms with van der Waals surface area (Å²) in [6.07, 6.45) is 1.57. The summed E-state index contributed by atoms with van der Waals surface area (Å²) in [4.78, 5) is 3.99. The molecule has 1 aromatic carbocycles. The number of pyridine rings is 1. The quantitative estimate of drug-likeness (QED) is 0.389. The fourth-order valence-corrected chi connectivity index (χ4v) is 1.67. The van der Waals surface area contributed by atoms with E-state index < -0.39 is 0 Å². The highest BCUT2D eigenvalue weighted by Gasteiger charge is 2.04. The van der Waals surface area contributed by atoms with E-state index in [0.717, 1.165) is 5.56 Å². The molecule has 0 spiro atoms. The maximum absolute atomic E-state index is 8.60. The molecule has 0 atom stereocenters. The Hall–Kier alpha value is -2.27. The fraction of sp³-hybridized carbons (Fsp3) is 0.0769. The van der Waals surface area contributed by atoms with Crippen molar-refractivity contribution in [3.63, 3.8) is 0 Å². The highest BCUT2D eigenvalue weighted by atomic mass is 35.5. The van der Waals surface area contributed by atoms with Crippen LogP contribution in [0.4, 0.5) is 0 Å². The van der Waals surface area contributed by atoms with E-state index in [0.29, 0.717) is 23.1 Å². The zero-order valence-corrected chi connectivity index (χ0v) is 10.7. The molecule has 98 valence electrons. The van der Waals surface area contributed by atoms with Crippen LogP contribution in [-0.4, -0.2) is 16.0 Å². The van der Waals surface area contributed by atoms with Gasteiger partial charge in [-0.2, -0.15) is 0 Å². The van der Waals surface area contributed by atoms with Crippen LogP contribution >= 0.6 is 11.6 Å². The van der Waals surface area contributed by atoms with Gasteiger partial charge < -0.3 is 15.7 Å². The van der Waals surface area contributed by atoms with Crippen LogP contribution in [0.3, 0.4) is 0 Å². The Kier molecular flexibility index (Phi) is 4.20. The van der Waals surface area contributed by atoms with E-state index in [9.17, 15) is 0 Å². The lowest BCUT2D eigenvalue weighted by Gasteiger charge is -2.08. The van der Waals surface area contributed by atoms with Gasteiger partial charge in [0.15, 0.2) is 5.84 Å². The minimum atomic E-state index is -0.0420. The summed E-state index contributed by atoms with van der Waals surface area (Å²) in [5, 5.41) is 12.0. The first-order chi connectivity index (χ1) is 9.20. The van der Waals surface area contributed by atoms with E-state index in [4.69, 9.17) is 27.3 Å². The van der Waals surface area contributed by atoms with Crippen molar-refractivity contribution >= 4 is 17.4 Å². The Labute approximate surface area is 115 Å². The monoisotopic (exact) mass is 277 g/mol. The Morgan fingerprint density at radius 3 is 2.89 bits per heavy atom. The zero-order valence-electron chi connectivity index (χ0n) is 9.95. The number of nitrogens with zero attached hydrogens (tertiary/aromatic N) is 2. The van der Waals surface area contributed by atoms with E-state index in [1.54, 1.807) is 30.5 Å². The molecule has 0 aliphatic rings. The summed E-state index contributed by atoms with van der Waals surface area (Å²) in [6.45, 7) is 0.317. The molecule has 0 fully saturated rings. The standard InChI is InChI=1S/C13H12ClN3O2/c14-10-3-1-2-4-12(10)19-8-9-5-6-16-11(7-9)13(15)17-18/h1-7,18H,8H2,(H2,15,17). The van der Waals surface area contributed by atoms with Gasteiger partial charge in [-0.25, -0.2) is 0 Å². The molecule has 0 radical (unpaired) electrons. The summed E-state index contributed by atoms with van der Waals surface area (Å²) in [7, 11) is 0. The summed E-state index contributed by atoms with van der Waals surface area (Å²) in [5.74, 6) is 0.561. The molecular weight excluding hydrogens is 266 g/mol. The van der Waals surface area contributed by atoms with Gasteiger partial charge in [-0.3, -0.25) is 4.98 Å². The number of halogens is 1. The van der Waals surface area contributed by atoms with Gasteiger partial charge in [0, 0.05) is 6.20 Å². The minimum absolute atomic E-state index is 0.0420. The lowest BCUT2D eigenvalue weighted by molar-refractivity contribution is 0.306. The van der Waals surface area contributed by atoms with Gasteiger partial charge in [-0.05, 0) is 29.8 Å². The van der Waals surface area contributed by atoms with Gasteiger partial charge in [0.2, 0.25) is 0 Å². The van der Waals surface area contributed by atoms with Gasteiger partial charge in [0.25, 0.3) is 0 Å². The third-order valence-corrected chi connectivity index (χ3v) is 2.74. The number of rotatable bonds is 4. The second-order valence-electron chi connectivity index (χ2n) is 3.75. The predicted molar refractivity (Wildman–Crippen MR) is 72.5 cm³/mol. The van der Waals surface area contributed by atoms with Crippen molar-refractivity contribution in [3.05, 3.63) is 58.9 Å². The van der Waals surface area contributed by atoms with Gasteiger partial charge in [-0.15, -0.1) is 0 Å². The molecule has 19 heavy (non-hydrogen) atoms. The smallest absolute Gasteiger partial charge is 0.188 e. The second-order valence-corrected chi connectivity index (χ2v) is 4.16. The first-order valence-electron chi connectivity index (χ1n) is 5.51. The molecule has 2 rings (SSSR count). The van der Waals surface area contributed by atoms with E-state index in [1.807, 2.05) is 12.1 Å². The largest absolute Gasteiger partial charge is 0.487 e. The van der Waals surface area contributed by atoms with Crippen LogP contribution in [0.1, 0.15) is 11.3 Å². The van der Waals surface area contributed by atoms with Crippen LogP contribution in [-0.2, 0) is 6.61 Å². The van der Waals surface area contributed by atoms with Crippen molar-refractivity contribution in [3.8, 4) is 5.75 Å². The summed E-state index contributed by atoms with van der Waals surface area (Å²) in [5.41, 5.74) is 6.71. The molecular formula is C13H12ClN3O2. The van der Waals surface area contributed by atoms with Gasteiger partial charge >= 0.3 is 0 Å². The number of amidine groups is 1. The lowest BCUT2D eigenvalue weighted by atomic mass is 10.2. The maximum Gasteiger partial charge on any atom is 0.188 e. The molecule has 6 heteroatoms. The van der Waals surface area contributed by atoms with Crippen molar-refractivity contribution in [2.24, 2.45) is 10.9 Å². The molecule has 0 amide bonds. The Balaban J connectivity index is 2.10. The first kappa shape index (κ1) is 13.2. The average molecular weight is 278 g/mol. The van der Waals surface area contributed by atoms with Crippen LogP contribution in [0.2, 0.25) is 5.02 Å². The maximum atomic E-state index is 8.60. The van der Waals surface area contributed by atoms with Crippen molar-refractivity contribution in [1.82, 2.24) is 4.98 Å². The van der Waals surface area contributed by atoms with Crippen molar-refractivity contribution in [2.45, 2.75) is 6.61 Å². The number of benzene rings is 1. The molecule has 1 heterocycles. The number of nitrogens with two attached hydrogens (primary N) is 1. The minimum Gasteiger partial charge on any atom is -0.487 e. The van der Waals surface area contributed by atoms with E-state index >= 15 is 0 Å². The van der Waals surface area contributed by atoms with Crippen molar-refractivity contribution in [1.29, 1.82) is 0 Å². The SMILES string of the molecule is NC(=NO)c1cc(COc2ccccc2Cl)ccn1. The van der Waals surface area contributed by atoms with E-state index in [2.05, 4.69) is 10.1 Å². The number of hydrogen-bond donors (Lipinski definition) is 2. The topological polar surface area (TPSA) is 80.7 Å². The van der Waals surface area contributed by atoms with E-state index in [-0.39, 0.29) is 5.84 Å². The summed E-state index contributed by atoms with van der Waals surface area (Å²) in [6, 6.07) is 10.7. The number of oxime groups is 1. The Bertz CT molecular complexity index is 602. The van der Waals surface area contributed by atoms with Crippen LogP contribution in [0.15, 0.2) is 47.8 Å². The van der Waals surface area contributed by atoms with Crippen LogP contribution in [0.25, 0.3) is 0 Å². The van der Waals surface area contributed by atoms with Gasteiger partial charge in [0.05, 0.1) is 5.02 Å². The Morgan fingerprint density at radius 1 is 1.37 bits per heavy atom. The van der Waals surface area contributed by atoms with Gasteiger partial charge in [0.1, 0.15) is 18.1 Å². The van der Waals surface area contributed by atoms with Crippen LogP contribution in [0.5, 0.6) is 5.75 Å². The summed E-state index contributed by atoms with van der Waals surface area (Å²) >= 11 is 5.99. The molecule has 3 N–H and O–H groups in total. The molecule has 5 nitrogen and oxygen atoms in total. The average Bonchev–Trinajstić information content (AvgIpc) is 2.46. The Morgan fingerprint density at radius 2 is 2.16 bits per heavy atom. The van der Waals surface area contributed by atoms with Crippen molar-refractivity contribution < 1.29 is 9.94 Å². The highest BCUT2D eigenvalue weighted by molar-refractivity contribution is 6.32. The lowest BCUT2D eigenvalue weighted by Crippen LogP contribution is -2.15. The number of hydrogen-bond acceptors (Lipinski definition) is 4. The van der Waals surface area contributed by atoms with Crippen LogP contribution in [0, 0.1) is 0 Å². The molecule has 2 aromatic rings. The molecule has 0 saturated carbocycles. The number of aromatic nitrogens is 1. The molecule has 1 aromatic heterocycles. The molecule has 0 bridgehead atoms. The fourth-order valence-electron chi connectivity index (χ4n) is 1.48. The van der Waals surface area contributed by atoms with Crippen molar-refractivity contribution in [2.75, 3.05) is 0 Å². The molecule has 0 aliphatic carbocycles. The van der Waals surface area contributed by atoms with Crippen LogP contribution < -0.4 is 10.5 Å². The first-order valence-corrected chi connectivity index (χ1v) is 5.88. The zero-order chi connectivity index (χ0) is 13.7. The molecule has 0 saturated heterocycles. The third-order valence-electron chi connectivity index (χ3n) is 2.43. The second kappa shape index (κ2) is 6.06. The molecule has 0 aliphatic heterocycles. The van der Waals surface area contributed by atoms with E-state index in [1.165, 1.54) is 0 Å². The highest BCUT2D eigenvalue weighted by Crippen LogP contribution is 2.24.